The number of carboxylic acid groups (broad SMARTS) is 1. The first-order valence-corrected chi connectivity index (χ1v) is 5.76. The Morgan fingerprint density at radius 2 is 2.00 bits per heavy atom. The van der Waals surface area contributed by atoms with Crippen LogP contribution in [0.25, 0.3) is 11.5 Å². The molecule has 0 atom stereocenters. The van der Waals surface area contributed by atoms with Crippen LogP contribution in [0.1, 0.15) is 16.2 Å². The number of oxazole rings is 1. The van der Waals surface area contributed by atoms with E-state index in [1.54, 1.807) is 25.1 Å². The lowest BCUT2D eigenvalue weighted by Crippen LogP contribution is -2.15. The van der Waals surface area contributed by atoms with Crippen LogP contribution in [0.4, 0.5) is 0 Å². The first-order valence-electron chi connectivity index (χ1n) is 5.76. The van der Waals surface area contributed by atoms with E-state index in [-0.39, 0.29) is 11.7 Å². The van der Waals surface area contributed by atoms with E-state index in [2.05, 4.69) is 4.98 Å². The highest BCUT2D eigenvalue weighted by Crippen LogP contribution is 2.34. The second kappa shape index (κ2) is 4.31. The number of fused-ring (bicyclic) bond motifs is 1. The molecule has 0 unspecified atom stereocenters. The van der Waals surface area contributed by atoms with Crippen molar-refractivity contribution in [1.82, 2.24) is 4.98 Å². The number of aromatic carboxylic acids is 1. The predicted octanol–water partition coefficient (Wildman–Crippen LogP) is 2.12. The number of rotatable bonds is 2. The van der Waals surface area contributed by atoms with Crippen LogP contribution in [0.5, 0.6) is 11.5 Å². The third-order valence-electron chi connectivity index (χ3n) is 2.78. The molecule has 6 heteroatoms. The maximum atomic E-state index is 10.9. The van der Waals surface area contributed by atoms with Gasteiger partial charge in [0.25, 0.3) is 0 Å². The van der Waals surface area contributed by atoms with Crippen LogP contribution in [0.15, 0.2) is 22.6 Å². The van der Waals surface area contributed by atoms with Crippen LogP contribution in [-0.4, -0.2) is 29.3 Å². The summed E-state index contributed by atoms with van der Waals surface area (Å²) in [5.74, 6) is 0.249. The number of nitrogens with zero attached hydrogens (tertiary/aromatic N) is 1. The van der Waals surface area contributed by atoms with Crippen molar-refractivity contribution in [3.8, 4) is 23.0 Å². The number of ether oxygens (including phenoxy) is 2. The molecule has 3 rings (SSSR count). The third-order valence-corrected chi connectivity index (χ3v) is 2.78. The zero-order valence-electron chi connectivity index (χ0n) is 10.2. The lowest BCUT2D eigenvalue weighted by molar-refractivity contribution is 0.0662. The maximum absolute atomic E-state index is 10.9. The van der Waals surface area contributed by atoms with Crippen LogP contribution in [0.3, 0.4) is 0 Å². The van der Waals surface area contributed by atoms with Crippen molar-refractivity contribution >= 4 is 5.97 Å². The van der Waals surface area contributed by atoms with E-state index in [0.717, 1.165) is 0 Å². The summed E-state index contributed by atoms with van der Waals surface area (Å²) >= 11 is 0. The van der Waals surface area contributed by atoms with E-state index in [1.807, 2.05) is 0 Å². The zero-order valence-corrected chi connectivity index (χ0v) is 10.2. The summed E-state index contributed by atoms with van der Waals surface area (Å²) in [7, 11) is 0. The van der Waals surface area contributed by atoms with Crippen LogP contribution in [-0.2, 0) is 0 Å². The fraction of sp³-hybridized carbons (Fsp3) is 0.231. The Labute approximate surface area is 108 Å². The molecule has 0 fully saturated rings. The number of carboxylic acids is 1. The van der Waals surface area contributed by atoms with Crippen molar-refractivity contribution < 1.29 is 23.8 Å². The molecule has 1 aliphatic heterocycles. The first-order chi connectivity index (χ1) is 9.15. The molecular weight excluding hydrogens is 250 g/mol. The van der Waals surface area contributed by atoms with E-state index in [0.29, 0.717) is 36.0 Å². The fourth-order valence-electron chi connectivity index (χ4n) is 1.89. The smallest absolute Gasteiger partial charge is 0.373 e. The van der Waals surface area contributed by atoms with Crippen molar-refractivity contribution in [2.24, 2.45) is 0 Å². The molecule has 1 aliphatic rings. The highest BCUT2D eigenvalue weighted by molar-refractivity contribution is 5.86. The minimum absolute atomic E-state index is 0.148. The Bertz CT molecular complexity index is 646. The Hall–Kier alpha value is -2.50. The van der Waals surface area contributed by atoms with Crippen LogP contribution >= 0.6 is 0 Å². The van der Waals surface area contributed by atoms with E-state index >= 15 is 0 Å². The number of hydrogen-bond acceptors (Lipinski definition) is 5. The van der Waals surface area contributed by atoms with Gasteiger partial charge in [0.2, 0.25) is 11.7 Å². The molecular formula is C13H11NO5. The minimum Gasteiger partial charge on any atom is -0.486 e. The molecule has 1 aromatic carbocycles. The van der Waals surface area contributed by atoms with Gasteiger partial charge >= 0.3 is 5.97 Å². The van der Waals surface area contributed by atoms with Crippen molar-refractivity contribution in [2.75, 3.05) is 13.2 Å². The van der Waals surface area contributed by atoms with Crippen LogP contribution in [0, 0.1) is 6.92 Å². The van der Waals surface area contributed by atoms with Gasteiger partial charge in [0.1, 0.15) is 13.2 Å². The summed E-state index contributed by atoms with van der Waals surface area (Å²) in [6, 6.07) is 5.24. The molecule has 19 heavy (non-hydrogen) atoms. The lowest BCUT2D eigenvalue weighted by atomic mass is 10.2. The average Bonchev–Trinajstić information content (AvgIpc) is 2.80. The molecule has 98 valence electrons. The van der Waals surface area contributed by atoms with Gasteiger partial charge in [-0.15, -0.1) is 0 Å². The molecule has 1 N–H and O–H groups in total. The number of benzene rings is 1. The largest absolute Gasteiger partial charge is 0.486 e. The van der Waals surface area contributed by atoms with Gasteiger partial charge in [0, 0.05) is 5.56 Å². The number of aromatic nitrogens is 1. The highest BCUT2D eigenvalue weighted by Gasteiger charge is 2.19. The normalized spacial score (nSPS) is 13.3. The van der Waals surface area contributed by atoms with Gasteiger partial charge in [-0.2, -0.15) is 0 Å². The van der Waals surface area contributed by atoms with Gasteiger partial charge < -0.3 is 19.0 Å². The van der Waals surface area contributed by atoms with Crippen molar-refractivity contribution in [3.05, 3.63) is 29.7 Å². The molecule has 0 spiro atoms. The highest BCUT2D eigenvalue weighted by atomic mass is 16.6. The van der Waals surface area contributed by atoms with E-state index in [4.69, 9.17) is 19.0 Å². The summed E-state index contributed by atoms with van der Waals surface area (Å²) in [4.78, 5) is 15.0. The van der Waals surface area contributed by atoms with Crippen LogP contribution in [0.2, 0.25) is 0 Å². The van der Waals surface area contributed by atoms with E-state index in [9.17, 15) is 4.79 Å². The Morgan fingerprint density at radius 1 is 1.26 bits per heavy atom. The average molecular weight is 261 g/mol. The Balaban J connectivity index is 2.02. The Kier molecular flexibility index (Phi) is 2.63. The van der Waals surface area contributed by atoms with Gasteiger partial charge in [-0.1, -0.05) is 0 Å². The number of aryl methyl sites for hydroxylation is 1. The predicted molar refractivity (Wildman–Crippen MR) is 64.6 cm³/mol. The Morgan fingerprint density at radius 3 is 2.68 bits per heavy atom. The molecule has 0 amide bonds. The topological polar surface area (TPSA) is 81.8 Å². The zero-order chi connectivity index (χ0) is 13.4. The standard InChI is InChI=1S/C13H11NO5/c1-7-11(13(15)16)19-12(14-7)8-2-3-9-10(6-8)18-5-4-17-9/h2-3,6H,4-5H2,1H3,(H,15,16). The monoisotopic (exact) mass is 261 g/mol. The second-order valence-electron chi connectivity index (χ2n) is 4.10. The molecule has 0 saturated carbocycles. The van der Waals surface area contributed by atoms with Crippen molar-refractivity contribution in [3.63, 3.8) is 0 Å². The molecule has 0 aliphatic carbocycles. The molecule has 2 aromatic rings. The molecule has 6 nitrogen and oxygen atoms in total. The molecule has 0 bridgehead atoms. The molecule has 0 radical (unpaired) electrons. The van der Waals surface area contributed by atoms with Gasteiger partial charge in [-0.3, -0.25) is 0 Å². The van der Waals surface area contributed by atoms with Crippen molar-refractivity contribution in [1.29, 1.82) is 0 Å². The fourth-order valence-corrected chi connectivity index (χ4v) is 1.89. The van der Waals surface area contributed by atoms with Gasteiger partial charge in [-0.05, 0) is 25.1 Å². The quantitative estimate of drug-likeness (QED) is 0.891. The third kappa shape index (κ3) is 2.01. The van der Waals surface area contributed by atoms with E-state index < -0.39 is 5.97 Å². The SMILES string of the molecule is Cc1nc(-c2ccc3c(c2)OCCO3)oc1C(=O)O. The first kappa shape index (κ1) is 11.6. The van der Waals surface area contributed by atoms with E-state index in [1.165, 1.54) is 0 Å². The summed E-state index contributed by atoms with van der Waals surface area (Å²) in [6.45, 7) is 2.60. The van der Waals surface area contributed by atoms with Gasteiger partial charge in [0.05, 0.1) is 5.69 Å². The minimum atomic E-state index is -1.13. The van der Waals surface area contributed by atoms with Crippen LogP contribution < -0.4 is 9.47 Å². The molecule has 0 saturated heterocycles. The number of hydrogen-bond donors (Lipinski definition) is 1. The molecule has 2 heterocycles. The summed E-state index contributed by atoms with van der Waals surface area (Å²) in [6.07, 6.45) is 0. The summed E-state index contributed by atoms with van der Waals surface area (Å²) in [5.41, 5.74) is 0.997. The lowest BCUT2D eigenvalue weighted by Gasteiger charge is -2.18. The second-order valence-corrected chi connectivity index (χ2v) is 4.10. The van der Waals surface area contributed by atoms with Crippen molar-refractivity contribution in [2.45, 2.75) is 6.92 Å². The van der Waals surface area contributed by atoms with Gasteiger partial charge in [0.15, 0.2) is 11.5 Å². The number of carbonyl (C=O) groups is 1. The molecule has 1 aromatic heterocycles. The maximum Gasteiger partial charge on any atom is 0.373 e. The summed E-state index contributed by atoms with van der Waals surface area (Å²) in [5, 5.41) is 8.94. The van der Waals surface area contributed by atoms with Gasteiger partial charge in [-0.25, -0.2) is 9.78 Å². The summed E-state index contributed by atoms with van der Waals surface area (Å²) < 4.78 is 16.1.